The number of hydrogen-bond donors (Lipinski definition) is 0. The van der Waals surface area contributed by atoms with Crippen LogP contribution in [0.15, 0.2) is 42.7 Å². The van der Waals surface area contributed by atoms with Crippen LogP contribution in [-0.4, -0.2) is 35.7 Å². The molecule has 2 aliphatic rings. The zero-order chi connectivity index (χ0) is 16.6. The Bertz CT molecular complexity index is 719. The third-order valence-corrected chi connectivity index (χ3v) is 5.29. The molecule has 0 radical (unpaired) electrons. The molecule has 0 bridgehead atoms. The maximum Gasteiger partial charge on any atom is 0.142 e. The van der Waals surface area contributed by atoms with Crippen molar-refractivity contribution < 1.29 is 9.13 Å². The first kappa shape index (κ1) is 16.0. The van der Waals surface area contributed by atoms with Crippen molar-refractivity contribution in [2.45, 2.75) is 25.5 Å². The van der Waals surface area contributed by atoms with Crippen molar-refractivity contribution in [3.05, 3.63) is 64.7 Å². The van der Waals surface area contributed by atoms with Gasteiger partial charge in [0.1, 0.15) is 5.82 Å². The maximum absolute atomic E-state index is 13.5. The summed E-state index contributed by atoms with van der Waals surface area (Å²) in [6, 6.07) is 9.13. The monoisotopic (exact) mass is 346 g/mol. The molecule has 2 aromatic rings. The van der Waals surface area contributed by atoms with Gasteiger partial charge in [-0.25, -0.2) is 4.39 Å². The van der Waals surface area contributed by atoms with Crippen molar-refractivity contribution in [1.82, 2.24) is 9.88 Å². The molecule has 0 unspecified atom stereocenters. The molecule has 5 heteroatoms. The lowest BCUT2D eigenvalue weighted by Crippen LogP contribution is -2.56. The molecule has 1 aromatic heterocycles. The van der Waals surface area contributed by atoms with Gasteiger partial charge >= 0.3 is 0 Å². The van der Waals surface area contributed by atoms with Crippen molar-refractivity contribution in [3.8, 4) is 0 Å². The van der Waals surface area contributed by atoms with Gasteiger partial charge in [-0.3, -0.25) is 9.88 Å². The number of ether oxygens (including phenoxy) is 1. The lowest BCUT2D eigenvalue weighted by molar-refractivity contribution is -0.0141. The minimum atomic E-state index is -0.342. The number of pyridine rings is 1. The Balaban J connectivity index is 1.30. The Kier molecular flexibility index (Phi) is 4.29. The molecule has 1 spiro atoms. The summed E-state index contributed by atoms with van der Waals surface area (Å²) >= 11 is 5.74. The Morgan fingerprint density at radius 3 is 2.92 bits per heavy atom. The number of hydrogen-bond acceptors (Lipinski definition) is 3. The fraction of sp³-hybridized carbons (Fsp3) is 0.421. The first-order valence-electron chi connectivity index (χ1n) is 8.29. The fourth-order valence-electron chi connectivity index (χ4n) is 3.94. The zero-order valence-corrected chi connectivity index (χ0v) is 14.2. The molecule has 0 saturated carbocycles. The van der Waals surface area contributed by atoms with Crippen molar-refractivity contribution in [1.29, 1.82) is 0 Å². The second-order valence-corrected chi connectivity index (χ2v) is 7.50. The van der Waals surface area contributed by atoms with Crippen molar-refractivity contribution >= 4 is 11.6 Å². The van der Waals surface area contributed by atoms with E-state index in [9.17, 15) is 4.39 Å². The highest BCUT2D eigenvalue weighted by Gasteiger charge is 2.48. The molecule has 0 aliphatic carbocycles. The number of likely N-dealkylation sites (tertiary alicyclic amines) is 1. The van der Waals surface area contributed by atoms with E-state index in [0.717, 1.165) is 44.6 Å². The molecule has 2 fully saturated rings. The smallest absolute Gasteiger partial charge is 0.142 e. The van der Waals surface area contributed by atoms with Crippen LogP contribution >= 0.6 is 11.6 Å². The van der Waals surface area contributed by atoms with E-state index in [2.05, 4.69) is 16.0 Å². The molecular formula is C19H20ClFN2O. The summed E-state index contributed by atoms with van der Waals surface area (Å²) in [5.74, 6) is -0.342. The van der Waals surface area contributed by atoms with E-state index in [0.29, 0.717) is 0 Å². The van der Waals surface area contributed by atoms with Crippen LogP contribution in [0.5, 0.6) is 0 Å². The molecule has 0 amide bonds. The Morgan fingerprint density at radius 1 is 1.29 bits per heavy atom. The lowest BCUT2D eigenvalue weighted by atomic mass is 9.77. The molecule has 1 aromatic carbocycles. The normalized spacial score (nSPS) is 22.7. The van der Waals surface area contributed by atoms with Gasteiger partial charge < -0.3 is 4.74 Å². The average Bonchev–Trinajstić information content (AvgIpc) is 2.95. The molecule has 24 heavy (non-hydrogen) atoms. The van der Waals surface area contributed by atoms with Crippen LogP contribution in [0.3, 0.4) is 0 Å². The molecule has 1 atom stereocenters. The molecule has 3 heterocycles. The highest BCUT2D eigenvalue weighted by molar-refractivity contribution is 6.30. The summed E-state index contributed by atoms with van der Waals surface area (Å²) in [5.41, 5.74) is 2.47. The van der Waals surface area contributed by atoms with Gasteiger partial charge in [0.15, 0.2) is 0 Å². The van der Waals surface area contributed by atoms with Crippen molar-refractivity contribution in [3.63, 3.8) is 0 Å². The largest absolute Gasteiger partial charge is 0.377 e. The number of halogens is 2. The van der Waals surface area contributed by atoms with Gasteiger partial charge in [-0.1, -0.05) is 23.7 Å². The molecule has 0 N–H and O–H groups in total. The number of rotatable bonds is 4. The second-order valence-electron chi connectivity index (χ2n) is 7.10. The van der Waals surface area contributed by atoms with Gasteiger partial charge in [-0.05, 0) is 35.7 Å². The quantitative estimate of drug-likeness (QED) is 0.844. The van der Waals surface area contributed by atoms with Crippen molar-refractivity contribution in [2.24, 2.45) is 5.41 Å². The zero-order valence-electron chi connectivity index (χ0n) is 13.4. The maximum atomic E-state index is 13.5. The summed E-state index contributed by atoms with van der Waals surface area (Å²) in [4.78, 5) is 6.51. The minimum Gasteiger partial charge on any atom is -0.377 e. The lowest BCUT2D eigenvalue weighted by Gasteiger charge is -2.47. The van der Waals surface area contributed by atoms with E-state index in [1.807, 2.05) is 18.3 Å². The second kappa shape index (κ2) is 6.43. The summed E-state index contributed by atoms with van der Waals surface area (Å²) in [6.45, 7) is 3.62. The van der Waals surface area contributed by atoms with Gasteiger partial charge in [0.25, 0.3) is 0 Å². The van der Waals surface area contributed by atoms with Crippen LogP contribution < -0.4 is 0 Å². The molecule has 2 aliphatic heterocycles. The van der Waals surface area contributed by atoms with Gasteiger partial charge in [0.2, 0.25) is 0 Å². The number of benzene rings is 1. The SMILES string of the molecule is Fc1cc(CN2CC3(CO[C@H](Cc4cccnc4)C3)C2)ccc1Cl. The highest BCUT2D eigenvalue weighted by atomic mass is 35.5. The van der Waals surface area contributed by atoms with Gasteiger partial charge in [-0.2, -0.15) is 0 Å². The van der Waals surface area contributed by atoms with E-state index in [1.165, 1.54) is 11.6 Å². The third kappa shape index (κ3) is 3.32. The Hall–Kier alpha value is -1.49. The van der Waals surface area contributed by atoms with Crippen molar-refractivity contribution in [2.75, 3.05) is 19.7 Å². The van der Waals surface area contributed by atoms with Gasteiger partial charge in [0, 0.05) is 43.9 Å². The molecule has 2 saturated heterocycles. The van der Waals surface area contributed by atoms with E-state index in [4.69, 9.17) is 16.3 Å². The molecule has 126 valence electrons. The molecule has 4 rings (SSSR count). The first-order chi connectivity index (χ1) is 11.6. The average molecular weight is 347 g/mol. The van der Waals surface area contributed by atoms with Crippen LogP contribution in [-0.2, 0) is 17.7 Å². The van der Waals surface area contributed by atoms with Crippen LogP contribution in [0.1, 0.15) is 17.5 Å². The van der Waals surface area contributed by atoms with Crippen LogP contribution in [0.4, 0.5) is 4.39 Å². The van der Waals surface area contributed by atoms with E-state index in [1.54, 1.807) is 12.3 Å². The minimum absolute atomic E-state index is 0.182. The number of nitrogens with zero attached hydrogens (tertiary/aromatic N) is 2. The predicted molar refractivity (Wildman–Crippen MR) is 91.4 cm³/mol. The molecular weight excluding hydrogens is 327 g/mol. The third-order valence-electron chi connectivity index (χ3n) is 4.98. The number of aromatic nitrogens is 1. The summed E-state index contributed by atoms with van der Waals surface area (Å²) in [5, 5.41) is 0.182. The summed E-state index contributed by atoms with van der Waals surface area (Å²) in [7, 11) is 0. The van der Waals surface area contributed by atoms with Gasteiger partial charge in [-0.15, -0.1) is 0 Å². The summed E-state index contributed by atoms with van der Waals surface area (Å²) < 4.78 is 19.5. The highest BCUT2D eigenvalue weighted by Crippen LogP contribution is 2.42. The first-order valence-corrected chi connectivity index (χ1v) is 8.67. The molecule has 3 nitrogen and oxygen atoms in total. The van der Waals surface area contributed by atoms with Crippen LogP contribution in [0.25, 0.3) is 0 Å². The summed E-state index contributed by atoms with van der Waals surface area (Å²) in [6.07, 6.45) is 6.01. The van der Waals surface area contributed by atoms with Crippen LogP contribution in [0.2, 0.25) is 5.02 Å². The van der Waals surface area contributed by atoms with Gasteiger partial charge in [0.05, 0.1) is 17.7 Å². The standard InChI is InChI=1S/C19H20ClFN2O/c20-17-4-3-15(7-18(17)21)10-23-11-19(12-23)8-16(24-13-19)6-14-2-1-5-22-9-14/h1-5,7,9,16H,6,8,10-13H2/t16-/m1/s1. The van der Waals surface area contributed by atoms with E-state index < -0.39 is 0 Å². The Morgan fingerprint density at radius 2 is 2.17 bits per heavy atom. The van der Waals surface area contributed by atoms with E-state index >= 15 is 0 Å². The fourth-order valence-corrected chi connectivity index (χ4v) is 4.06. The van der Waals surface area contributed by atoms with Crippen LogP contribution in [0, 0.1) is 11.2 Å². The topological polar surface area (TPSA) is 25.4 Å². The predicted octanol–water partition coefficient (Wildman–Crippen LogP) is 3.71. The van der Waals surface area contributed by atoms with E-state index in [-0.39, 0.29) is 22.4 Å². The Labute approximate surface area is 146 Å².